The number of aliphatic hydroxyl groups is 1. The summed E-state index contributed by atoms with van der Waals surface area (Å²) < 4.78 is 0. The minimum absolute atomic E-state index is 0.263. The molecule has 2 heterocycles. The summed E-state index contributed by atoms with van der Waals surface area (Å²) in [6.07, 6.45) is 6.37. The summed E-state index contributed by atoms with van der Waals surface area (Å²) >= 11 is 0. The number of hydrogen-bond acceptors (Lipinski definition) is 5. The molecule has 1 aliphatic heterocycles. The van der Waals surface area contributed by atoms with E-state index in [-0.39, 0.29) is 5.41 Å². The molecule has 1 saturated carbocycles. The number of hydrogen-bond donors (Lipinski definition) is 3. The molecule has 2 aliphatic rings. The molecule has 3 rings (SSSR count). The van der Waals surface area contributed by atoms with Gasteiger partial charge in [0.15, 0.2) is 11.6 Å². The Balaban J connectivity index is 1.94. The van der Waals surface area contributed by atoms with Gasteiger partial charge >= 0.3 is 0 Å². The Morgan fingerprint density at radius 1 is 1.18 bits per heavy atom. The van der Waals surface area contributed by atoms with Crippen LogP contribution in [0.25, 0.3) is 0 Å². The monoisotopic (exact) mass is 304 g/mol. The molecule has 5 nitrogen and oxygen atoms in total. The summed E-state index contributed by atoms with van der Waals surface area (Å²) in [5, 5.41) is 17.6. The van der Waals surface area contributed by atoms with E-state index in [1.54, 1.807) is 0 Å². The Labute approximate surface area is 132 Å². The van der Waals surface area contributed by atoms with Crippen molar-refractivity contribution in [2.75, 3.05) is 17.2 Å². The summed E-state index contributed by atoms with van der Waals surface area (Å²) in [6.45, 7) is 7.02. The molecule has 3 N–H and O–H groups in total. The second-order valence-electron chi connectivity index (χ2n) is 7.68. The van der Waals surface area contributed by atoms with E-state index in [9.17, 15) is 5.11 Å². The fourth-order valence-corrected chi connectivity index (χ4v) is 3.24. The van der Waals surface area contributed by atoms with Crippen LogP contribution in [0.2, 0.25) is 0 Å². The molecule has 1 aliphatic carbocycles. The standard InChI is InChI=1S/C17H28N4O/c1-17(2,3)14(22)16-20-12-9-6-10-18-13(12)15(21-16)19-11-7-4-5-8-11/h11,14,18,22H,4-10H2,1-3H3,(H,19,20,21). The molecule has 1 unspecified atom stereocenters. The number of aryl methyl sites for hydroxylation is 1. The molecule has 1 fully saturated rings. The molecule has 0 saturated heterocycles. The zero-order valence-electron chi connectivity index (χ0n) is 13.9. The van der Waals surface area contributed by atoms with Crippen molar-refractivity contribution in [2.45, 2.75) is 71.4 Å². The zero-order chi connectivity index (χ0) is 15.7. The molecular formula is C17H28N4O. The summed E-state index contributed by atoms with van der Waals surface area (Å²) in [7, 11) is 0. The van der Waals surface area contributed by atoms with Gasteiger partial charge in [-0.2, -0.15) is 0 Å². The molecule has 0 amide bonds. The number of anilines is 2. The first-order chi connectivity index (χ1) is 10.4. The normalized spacial score (nSPS) is 20.4. The molecule has 1 atom stereocenters. The van der Waals surface area contributed by atoms with Gasteiger partial charge in [0, 0.05) is 12.6 Å². The third-order valence-electron chi connectivity index (χ3n) is 4.65. The van der Waals surface area contributed by atoms with E-state index in [0.717, 1.165) is 36.6 Å². The van der Waals surface area contributed by atoms with Gasteiger partial charge in [0.05, 0.1) is 11.4 Å². The van der Waals surface area contributed by atoms with Crippen LogP contribution in [0, 0.1) is 5.41 Å². The van der Waals surface area contributed by atoms with E-state index >= 15 is 0 Å². The van der Waals surface area contributed by atoms with Crippen LogP contribution in [0.1, 0.15) is 70.5 Å². The van der Waals surface area contributed by atoms with Gasteiger partial charge < -0.3 is 15.7 Å². The van der Waals surface area contributed by atoms with Crippen molar-refractivity contribution in [2.24, 2.45) is 5.41 Å². The van der Waals surface area contributed by atoms with Gasteiger partial charge in [-0.1, -0.05) is 33.6 Å². The van der Waals surface area contributed by atoms with Gasteiger partial charge in [-0.05, 0) is 31.1 Å². The van der Waals surface area contributed by atoms with E-state index in [1.165, 1.54) is 25.7 Å². The van der Waals surface area contributed by atoms with Crippen LogP contribution in [0.15, 0.2) is 0 Å². The van der Waals surface area contributed by atoms with Gasteiger partial charge in [0.25, 0.3) is 0 Å². The molecule has 1 aromatic heterocycles. The Kier molecular flexibility index (Phi) is 4.26. The van der Waals surface area contributed by atoms with Crippen molar-refractivity contribution >= 4 is 11.5 Å². The summed E-state index contributed by atoms with van der Waals surface area (Å²) in [6, 6.07) is 0.502. The van der Waals surface area contributed by atoms with Crippen LogP contribution in [0.5, 0.6) is 0 Å². The molecule has 1 aromatic rings. The first kappa shape index (κ1) is 15.5. The number of rotatable bonds is 3. The van der Waals surface area contributed by atoms with E-state index in [2.05, 4.69) is 20.6 Å². The molecule has 0 radical (unpaired) electrons. The van der Waals surface area contributed by atoms with Gasteiger partial charge in [-0.3, -0.25) is 0 Å². The molecule has 0 bridgehead atoms. The van der Waals surface area contributed by atoms with Crippen LogP contribution in [-0.4, -0.2) is 27.7 Å². The minimum atomic E-state index is -0.649. The van der Waals surface area contributed by atoms with Crippen LogP contribution in [0.3, 0.4) is 0 Å². The molecular weight excluding hydrogens is 276 g/mol. The van der Waals surface area contributed by atoms with Crippen LogP contribution in [-0.2, 0) is 6.42 Å². The maximum atomic E-state index is 10.6. The highest BCUT2D eigenvalue weighted by molar-refractivity contribution is 5.68. The van der Waals surface area contributed by atoms with Crippen molar-refractivity contribution < 1.29 is 5.11 Å². The lowest BCUT2D eigenvalue weighted by Gasteiger charge is -2.28. The second kappa shape index (κ2) is 6.03. The lowest BCUT2D eigenvalue weighted by molar-refractivity contribution is 0.0548. The van der Waals surface area contributed by atoms with E-state index in [0.29, 0.717) is 11.9 Å². The lowest BCUT2D eigenvalue weighted by Crippen LogP contribution is -2.26. The lowest BCUT2D eigenvalue weighted by atomic mass is 9.88. The summed E-state index contributed by atoms with van der Waals surface area (Å²) in [5.74, 6) is 1.44. The molecule has 122 valence electrons. The topological polar surface area (TPSA) is 70.1 Å². The quantitative estimate of drug-likeness (QED) is 0.799. The smallest absolute Gasteiger partial charge is 0.160 e. The summed E-state index contributed by atoms with van der Waals surface area (Å²) in [5.41, 5.74) is 1.82. The molecule has 22 heavy (non-hydrogen) atoms. The van der Waals surface area contributed by atoms with Gasteiger partial charge in [-0.25, -0.2) is 9.97 Å². The average molecular weight is 304 g/mol. The number of aromatic nitrogens is 2. The van der Waals surface area contributed by atoms with E-state index in [1.807, 2.05) is 20.8 Å². The van der Waals surface area contributed by atoms with E-state index < -0.39 is 6.10 Å². The van der Waals surface area contributed by atoms with Gasteiger partial charge in [0.2, 0.25) is 0 Å². The number of nitrogens with one attached hydrogen (secondary N) is 2. The number of aliphatic hydroxyl groups excluding tert-OH is 1. The van der Waals surface area contributed by atoms with Crippen molar-refractivity contribution in [1.82, 2.24) is 9.97 Å². The van der Waals surface area contributed by atoms with Crippen molar-refractivity contribution in [1.29, 1.82) is 0 Å². The van der Waals surface area contributed by atoms with E-state index in [4.69, 9.17) is 0 Å². The third-order valence-corrected chi connectivity index (χ3v) is 4.65. The molecule has 5 heteroatoms. The highest BCUT2D eigenvalue weighted by atomic mass is 16.3. The SMILES string of the molecule is CC(C)(C)C(O)c1nc2c(c(NC3CCCC3)n1)NCCC2. The predicted octanol–water partition coefficient (Wildman–Crippen LogP) is 3.27. The van der Waals surface area contributed by atoms with Crippen molar-refractivity contribution in [3.63, 3.8) is 0 Å². The van der Waals surface area contributed by atoms with Crippen molar-refractivity contribution in [3.05, 3.63) is 11.5 Å². The van der Waals surface area contributed by atoms with Crippen LogP contribution in [0.4, 0.5) is 11.5 Å². The van der Waals surface area contributed by atoms with Crippen LogP contribution < -0.4 is 10.6 Å². The van der Waals surface area contributed by atoms with Crippen LogP contribution >= 0.6 is 0 Å². The first-order valence-corrected chi connectivity index (χ1v) is 8.54. The fraction of sp³-hybridized carbons (Fsp3) is 0.765. The third kappa shape index (κ3) is 3.19. The highest BCUT2D eigenvalue weighted by Gasteiger charge is 2.29. The van der Waals surface area contributed by atoms with Gasteiger partial charge in [-0.15, -0.1) is 0 Å². The maximum Gasteiger partial charge on any atom is 0.160 e. The Bertz CT molecular complexity index is 532. The minimum Gasteiger partial charge on any atom is -0.385 e. The second-order valence-corrected chi connectivity index (χ2v) is 7.68. The van der Waals surface area contributed by atoms with Gasteiger partial charge in [0.1, 0.15) is 6.10 Å². The Hall–Kier alpha value is -1.36. The average Bonchev–Trinajstić information content (AvgIpc) is 2.98. The molecule has 0 aromatic carbocycles. The molecule has 0 spiro atoms. The van der Waals surface area contributed by atoms with Crippen molar-refractivity contribution in [3.8, 4) is 0 Å². The number of nitrogens with zero attached hydrogens (tertiary/aromatic N) is 2. The first-order valence-electron chi connectivity index (χ1n) is 8.54. The predicted molar refractivity (Wildman–Crippen MR) is 89.1 cm³/mol. The Morgan fingerprint density at radius 3 is 2.59 bits per heavy atom. The maximum absolute atomic E-state index is 10.6. The fourth-order valence-electron chi connectivity index (χ4n) is 3.24. The summed E-state index contributed by atoms with van der Waals surface area (Å²) in [4.78, 5) is 9.33. The number of fused-ring (bicyclic) bond motifs is 1. The zero-order valence-corrected chi connectivity index (χ0v) is 13.9. The Morgan fingerprint density at radius 2 is 1.91 bits per heavy atom. The highest BCUT2D eigenvalue weighted by Crippen LogP contribution is 2.35. The largest absolute Gasteiger partial charge is 0.385 e.